The van der Waals surface area contributed by atoms with Gasteiger partial charge in [0, 0.05) is 10.5 Å². The van der Waals surface area contributed by atoms with E-state index in [0.29, 0.717) is 0 Å². The molecule has 2 aromatic carbocycles. The Morgan fingerprint density at radius 1 is 1.00 bits per heavy atom. The molecule has 0 aromatic heterocycles. The maximum Gasteiger partial charge on any atom is 0.531 e. The van der Waals surface area contributed by atoms with E-state index >= 15 is 0 Å². The Labute approximate surface area is 152 Å². The van der Waals surface area contributed by atoms with Crippen molar-refractivity contribution in [2.75, 3.05) is 0 Å². The van der Waals surface area contributed by atoms with Crippen LogP contribution in [0.4, 0.5) is 0 Å². The van der Waals surface area contributed by atoms with Crippen LogP contribution in [-0.2, 0) is 9.59 Å². The molecule has 0 aliphatic heterocycles. The third kappa shape index (κ3) is 4.15. The first-order valence-electron chi connectivity index (χ1n) is 7.47. The Morgan fingerprint density at radius 3 is 1.96 bits per heavy atom. The van der Waals surface area contributed by atoms with E-state index in [1.165, 1.54) is 48.5 Å². The molecule has 2 amide bonds. The Hall–Kier alpha value is -4.02. The zero-order valence-electron chi connectivity index (χ0n) is 13.7. The molecule has 2 aromatic rings. The summed E-state index contributed by atoms with van der Waals surface area (Å²) in [7, 11) is 0. The molecular formula is C16H14N4O7. The molecule has 27 heavy (non-hydrogen) atoms. The van der Waals surface area contributed by atoms with Gasteiger partial charge in [-0.05, 0) is 12.1 Å². The van der Waals surface area contributed by atoms with Gasteiger partial charge in [0.2, 0.25) is 0 Å². The van der Waals surface area contributed by atoms with Crippen LogP contribution in [0.1, 0.15) is 11.6 Å². The Kier molecular flexibility index (Phi) is 5.65. The predicted molar refractivity (Wildman–Crippen MR) is 90.3 cm³/mol. The zero-order chi connectivity index (χ0) is 20.0. The maximum absolute atomic E-state index is 12.5. The number of ether oxygens (including phenoxy) is 1. The first-order chi connectivity index (χ1) is 12.8. The van der Waals surface area contributed by atoms with E-state index < -0.39 is 33.6 Å². The van der Waals surface area contributed by atoms with Crippen LogP contribution in [0.5, 0.6) is 5.75 Å². The molecule has 0 aliphatic rings. The molecule has 0 bridgehead atoms. The summed E-state index contributed by atoms with van der Waals surface area (Å²) in [4.78, 5) is 44.9. The highest BCUT2D eigenvalue weighted by Crippen LogP contribution is 2.21. The summed E-state index contributed by atoms with van der Waals surface area (Å²) < 4.78 is 5.03. The molecule has 0 spiro atoms. The van der Waals surface area contributed by atoms with E-state index in [0.717, 1.165) is 0 Å². The fourth-order valence-corrected chi connectivity index (χ4v) is 2.21. The maximum atomic E-state index is 12.5. The number of nitrogens with zero attached hydrogens (tertiary/aromatic N) is 2. The number of amides is 2. The van der Waals surface area contributed by atoms with E-state index in [-0.39, 0.29) is 11.3 Å². The van der Waals surface area contributed by atoms with E-state index in [9.17, 15) is 29.8 Å². The molecule has 11 heteroatoms. The van der Waals surface area contributed by atoms with Gasteiger partial charge >= 0.3 is 23.7 Å². The fourth-order valence-electron chi connectivity index (χ4n) is 2.21. The van der Waals surface area contributed by atoms with Gasteiger partial charge in [0.25, 0.3) is 0 Å². The topological polar surface area (TPSA) is 168 Å². The number of primary amides is 1. The fraction of sp³-hybridized carbons (Fsp3) is 0.125. The minimum atomic E-state index is -3.22. The van der Waals surface area contributed by atoms with Crippen molar-refractivity contribution in [1.82, 2.24) is 5.32 Å². The molecule has 0 saturated carbocycles. The Balaban J connectivity index is 2.41. The minimum absolute atomic E-state index is 0.0403. The quantitative estimate of drug-likeness (QED) is 0.387. The molecule has 0 saturated heterocycles. The highest BCUT2D eigenvalue weighted by Gasteiger charge is 2.57. The van der Waals surface area contributed by atoms with Crippen LogP contribution >= 0.6 is 0 Å². The lowest BCUT2D eigenvalue weighted by Crippen LogP contribution is -2.67. The number of nitro groups is 2. The second kappa shape index (κ2) is 7.91. The molecule has 0 aliphatic carbocycles. The number of hydrogen-bond donors (Lipinski definition) is 2. The summed E-state index contributed by atoms with van der Waals surface area (Å²) in [6, 6.07) is 12.1. The van der Waals surface area contributed by atoms with Crippen LogP contribution in [0, 0.1) is 20.2 Å². The van der Waals surface area contributed by atoms with Gasteiger partial charge in [-0.15, -0.1) is 0 Å². The van der Waals surface area contributed by atoms with Gasteiger partial charge in [-0.25, -0.2) is 5.32 Å². The third-order valence-electron chi connectivity index (χ3n) is 3.47. The van der Waals surface area contributed by atoms with Gasteiger partial charge in [-0.3, -0.25) is 29.8 Å². The second-order valence-electron chi connectivity index (χ2n) is 5.27. The van der Waals surface area contributed by atoms with Gasteiger partial charge in [-0.2, -0.15) is 0 Å². The van der Waals surface area contributed by atoms with E-state index in [1.54, 1.807) is 17.4 Å². The summed E-state index contributed by atoms with van der Waals surface area (Å²) in [5.74, 6) is -6.45. The molecule has 2 unspecified atom stereocenters. The Morgan fingerprint density at radius 2 is 1.52 bits per heavy atom. The normalized spacial score (nSPS) is 13.6. The first-order valence-corrected chi connectivity index (χ1v) is 7.47. The molecule has 140 valence electrons. The van der Waals surface area contributed by atoms with Crippen molar-refractivity contribution < 1.29 is 24.2 Å². The number of hydrogen-bond acceptors (Lipinski definition) is 7. The minimum Gasteiger partial charge on any atom is -0.404 e. The SMILES string of the molecule is NC(=O)C(NC(=O)C(c1ccccc1)[N+](=O)[O-])(Oc1ccccc1)[N+](=O)[O-]. The number of carbonyl (C=O) groups is 2. The molecule has 2 rings (SSSR count). The molecule has 2 atom stereocenters. The van der Waals surface area contributed by atoms with Crippen molar-refractivity contribution in [3.8, 4) is 5.75 Å². The van der Waals surface area contributed by atoms with Crippen LogP contribution in [0.2, 0.25) is 0 Å². The van der Waals surface area contributed by atoms with Crippen molar-refractivity contribution in [3.63, 3.8) is 0 Å². The Bertz CT molecular complexity index is 844. The van der Waals surface area contributed by atoms with Gasteiger partial charge in [0.05, 0.1) is 0 Å². The van der Waals surface area contributed by atoms with E-state index in [4.69, 9.17) is 10.5 Å². The average Bonchev–Trinajstić information content (AvgIpc) is 2.62. The number of benzene rings is 2. The smallest absolute Gasteiger partial charge is 0.404 e. The van der Waals surface area contributed by atoms with Crippen molar-refractivity contribution in [3.05, 3.63) is 86.5 Å². The monoisotopic (exact) mass is 374 g/mol. The van der Waals surface area contributed by atoms with Gasteiger partial charge in [0.1, 0.15) is 10.7 Å². The van der Waals surface area contributed by atoms with Gasteiger partial charge in [-0.1, -0.05) is 48.5 Å². The third-order valence-corrected chi connectivity index (χ3v) is 3.47. The van der Waals surface area contributed by atoms with Gasteiger partial charge in [0.15, 0.2) is 0 Å². The first kappa shape index (κ1) is 19.3. The van der Waals surface area contributed by atoms with Crippen LogP contribution in [-0.4, -0.2) is 27.5 Å². The molecular weight excluding hydrogens is 360 g/mol. The summed E-state index contributed by atoms with van der Waals surface area (Å²) in [5.41, 5.74) is 5.05. The lowest BCUT2D eigenvalue weighted by atomic mass is 10.1. The number of carbonyl (C=O) groups excluding carboxylic acids is 2. The van der Waals surface area contributed by atoms with Crippen LogP contribution in [0.3, 0.4) is 0 Å². The largest absolute Gasteiger partial charge is 0.531 e. The van der Waals surface area contributed by atoms with Crippen molar-refractivity contribution in [2.24, 2.45) is 5.73 Å². The van der Waals surface area contributed by atoms with Gasteiger partial charge < -0.3 is 10.5 Å². The standard InChI is InChI=1S/C16H14N4O7/c17-15(22)16(20(25)26,27-12-9-5-2-6-10-12)18-14(21)13(19(23)24)11-7-3-1-4-8-11/h1-10,13H,(H2,17,22)(H,18,21). The summed E-state index contributed by atoms with van der Waals surface area (Å²) in [5, 5.41) is 24.6. The average molecular weight is 374 g/mol. The van der Waals surface area contributed by atoms with E-state index in [2.05, 4.69) is 0 Å². The molecule has 3 N–H and O–H groups in total. The highest BCUT2D eigenvalue weighted by atomic mass is 16.7. The summed E-state index contributed by atoms with van der Waals surface area (Å²) in [6.07, 6.45) is 0. The number of para-hydroxylation sites is 1. The lowest BCUT2D eigenvalue weighted by molar-refractivity contribution is -0.602. The van der Waals surface area contributed by atoms with Crippen molar-refractivity contribution >= 4 is 11.8 Å². The molecule has 0 heterocycles. The molecule has 0 fully saturated rings. The van der Waals surface area contributed by atoms with E-state index in [1.807, 2.05) is 0 Å². The lowest BCUT2D eigenvalue weighted by Gasteiger charge is -2.23. The molecule has 11 nitrogen and oxygen atoms in total. The molecule has 0 radical (unpaired) electrons. The van der Waals surface area contributed by atoms with Crippen molar-refractivity contribution in [1.29, 1.82) is 0 Å². The highest BCUT2D eigenvalue weighted by molar-refractivity contribution is 5.90. The van der Waals surface area contributed by atoms with Crippen molar-refractivity contribution in [2.45, 2.75) is 11.9 Å². The number of nitrogens with two attached hydrogens (primary N) is 1. The summed E-state index contributed by atoms with van der Waals surface area (Å²) in [6.45, 7) is 0. The van der Waals surface area contributed by atoms with Crippen LogP contribution in [0.15, 0.2) is 60.7 Å². The number of rotatable bonds is 8. The number of nitrogens with one attached hydrogen (secondary N) is 1. The summed E-state index contributed by atoms with van der Waals surface area (Å²) >= 11 is 0. The van der Waals surface area contributed by atoms with Crippen LogP contribution < -0.4 is 15.8 Å². The predicted octanol–water partition coefficient (Wildman–Crippen LogP) is 0.615. The zero-order valence-corrected chi connectivity index (χ0v) is 13.7. The van der Waals surface area contributed by atoms with Crippen LogP contribution in [0.25, 0.3) is 0 Å². The second-order valence-corrected chi connectivity index (χ2v) is 5.27.